The molecule has 132 valence electrons. The molecule has 3 heteroatoms. The van der Waals surface area contributed by atoms with E-state index in [0.717, 1.165) is 36.9 Å². The van der Waals surface area contributed by atoms with E-state index in [-0.39, 0.29) is 0 Å². The number of aryl methyl sites for hydroxylation is 3. The van der Waals surface area contributed by atoms with E-state index in [1.807, 2.05) is 12.3 Å². The summed E-state index contributed by atoms with van der Waals surface area (Å²) in [6, 6.07) is 15.1. The minimum atomic E-state index is 0.743. The summed E-state index contributed by atoms with van der Waals surface area (Å²) in [6.45, 7) is 5.09. The molecule has 0 aliphatic rings. The Morgan fingerprint density at radius 3 is 2.73 bits per heavy atom. The molecule has 4 aromatic rings. The van der Waals surface area contributed by atoms with Gasteiger partial charge in [-0.1, -0.05) is 29.8 Å². The lowest BCUT2D eigenvalue weighted by Gasteiger charge is -2.07. The van der Waals surface area contributed by atoms with Crippen LogP contribution in [0, 0.1) is 13.8 Å². The maximum absolute atomic E-state index is 5.72. The molecule has 3 nitrogen and oxygen atoms in total. The highest BCUT2D eigenvalue weighted by molar-refractivity contribution is 5.94. The van der Waals surface area contributed by atoms with Gasteiger partial charge in [0.05, 0.1) is 11.2 Å². The molecule has 0 unspecified atom stereocenters. The number of hydrogen-bond donors (Lipinski definition) is 2. The van der Waals surface area contributed by atoms with E-state index in [2.05, 4.69) is 60.2 Å². The van der Waals surface area contributed by atoms with Gasteiger partial charge < -0.3 is 10.7 Å². The van der Waals surface area contributed by atoms with Gasteiger partial charge in [-0.15, -0.1) is 0 Å². The van der Waals surface area contributed by atoms with Crippen LogP contribution >= 0.6 is 0 Å². The van der Waals surface area contributed by atoms with E-state index in [9.17, 15) is 0 Å². The van der Waals surface area contributed by atoms with Gasteiger partial charge in [0.2, 0.25) is 0 Å². The number of fused-ring (bicyclic) bond motifs is 2. The van der Waals surface area contributed by atoms with Crippen LogP contribution < -0.4 is 5.73 Å². The fraction of sp³-hybridized carbons (Fsp3) is 0.261. The van der Waals surface area contributed by atoms with Crippen LogP contribution in [0.5, 0.6) is 0 Å². The molecule has 0 saturated carbocycles. The van der Waals surface area contributed by atoms with Gasteiger partial charge >= 0.3 is 0 Å². The van der Waals surface area contributed by atoms with E-state index in [1.165, 1.54) is 38.7 Å². The van der Waals surface area contributed by atoms with Gasteiger partial charge in [0.15, 0.2) is 0 Å². The van der Waals surface area contributed by atoms with E-state index in [1.54, 1.807) is 0 Å². The maximum Gasteiger partial charge on any atom is 0.0702 e. The molecule has 0 saturated heterocycles. The number of H-pyrrole nitrogens is 1. The number of pyridine rings is 1. The third kappa shape index (κ3) is 2.99. The van der Waals surface area contributed by atoms with Crippen LogP contribution in [0.2, 0.25) is 0 Å². The van der Waals surface area contributed by atoms with E-state index in [0.29, 0.717) is 0 Å². The molecule has 2 aromatic carbocycles. The predicted octanol–water partition coefficient (Wildman–Crippen LogP) is 5.28. The minimum Gasteiger partial charge on any atom is -0.354 e. The van der Waals surface area contributed by atoms with Gasteiger partial charge in [0, 0.05) is 28.0 Å². The monoisotopic (exact) mass is 343 g/mol. The van der Waals surface area contributed by atoms with Gasteiger partial charge in [-0.3, -0.25) is 4.98 Å². The lowest BCUT2D eigenvalue weighted by molar-refractivity contribution is 0.748. The van der Waals surface area contributed by atoms with Crippen molar-refractivity contribution in [3.8, 4) is 11.3 Å². The first-order valence-electron chi connectivity index (χ1n) is 9.34. The molecule has 0 spiro atoms. The molecule has 0 atom stereocenters. The number of benzene rings is 2. The van der Waals surface area contributed by atoms with Gasteiger partial charge in [0.1, 0.15) is 0 Å². The Morgan fingerprint density at radius 2 is 1.88 bits per heavy atom. The Bertz CT molecular complexity index is 1080. The topological polar surface area (TPSA) is 54.7 Å². The summed E-state index contributed by atoms with van der Waals surface area (Å²) >= 11 is 0. The zero-order valence-electron chi connectivity index (χ0n) is 15.5. The standard InChI is InChI=1S/C23H25N3/c1-15-11-16(2)22-20(12-15)19(8-5-6-10-24)23(26-22)18-13-17-7-3-4-9-21(17)25-14-18/h3-4,7,9,11-14,26H,5-6,8,10,24H2,1-2H3. The molecule has 3 N–H and O–H groups in total. The van der Waals surface area contributed by atoms with E-state index >= 15 is 0 Å². The van der Waals surface area contributed by atoms with E-state index < -0.39 is 0 Å². The molecule has 2 heterocycles. The lowest BCUT2D eigenvalue weighted by Crippen LogP contribution is -1.99. The maximum atomic E-state index is 5.72. The number of nitrogens with zero attached hydrogens (tertiary/aromatic N) is 1. The van der Waals surface area contributed by atoms with Crippen LogP contribution in [-0.2, 0) is 6.42 Å². The predicted molar refractivity (Wildman–Crippen MR) is 111 cm³/mol. The second-order valence-electron chi connectivity index (χ2n) is 7.15. The molecule has 0 fully saturated rings. The summed E-state index contributed by atoms with van der Waals surface area (Å²) in [4.78, 5) is 8.36. The summed E-state index contributed by atoms with van der Waals surface area (Å²) < 4.78 is 0. The van der Waals surface area contributed by atoms with Crippen LogP contribution in [0.25, 0.3) is 33.1 Å². The Labute approximate surface area is 154 Å². The van der Waals surface area contributed by atoms with Gasteiger partial charge in [-0.05, 0) is 69.0 Å². The highest BCUT2D eigenvalue weighted by Crippen LogP contribution is 2.34. The van der Waals surface area contributed by atoms with Crippen LogP contribution in [0.15, 0.2) is 48.7 Å². The fourth-order valence-corrected chi connectivity index (χ4v) is 3.87. The largest absolute Gasteiger partial charge is 0.354 e. The van der Waals surface area contributed by atoms with E-state index in [4.69, 9.17) is 5.73 Å². The van der Waals surface area contributed by atoms with Crippen molar-refractivity contribution in [2.75, 3.05) is 6.54 Å². The summed E-state index contributed by atoms with van der Waals surface area (Å²) in [5.74, 6) is 0. The van der Waals surface area contributed by atoms with Crippen LogP contribution in [0.1, 0.15) is 29.5 Å². The molecule has 2 aromatic heterocycles. The van der Waals surface area contributed by atoms with Crippen molar-refractivity contribution in [2.45, 2.75) is 33.1 Å². The summed E-state index contributed by atoms with van der Waals surface area (Å²) in [5.41, 5.74) is 14.3. The van der Waals surface area contributed by atoms with Crippen LogP contribution in [0.4, 0.5) is 0 Å². The number of para-hydroxylation sites is 1. The first-order chi connectivity index (χ1) is 12.7. The number of rotatable bonds is 5. The van der Waals surface area contributed by atoms with Crippen molar-refractivity contribution in [3.05, 3.63) is 65.4 Å². The zero-order valence-corrected chi connectivity index (χ0v) is 15.5. The summed E-state index contributed by atoms with van der Waals surface area (Å²) in [7, 11) is 0. The van der Waals surface area contributed by atoms with Gasteiger partial charge in [-0.2, -0.15) is 0 Å². The third-order valence-electron chi connectivity index (χ3n) is 5.12. The Kier molecular flexibility index (Phi) is 4.48. The van der Waals surface area contributed by atoms with Crippen molar-refractivity contribution < 1.29 is 0 Å². The minimum absolute atomic E-state index is 0.743. The Balaban J connectivity index is 1.91. The third-order valence-corrected chi connectivity index (χ3v) is 5.12. The number of unbranched alkanes of at least 4 members (excludes halogenated alkanes) is 1. The highest BCUT2D eigenvalue weighted by atomic mass is 14.7. The second-order valence-corrected chi connectivity index (χ2v) is 7.15. The van der Waals surface area contributed by atoms with Crippen molar-refractivity contribution in [1.29, 1.82) is 0 Å². The number of nitrogens with two attached hydrogens (primary N) is 1. The number of nitrogens with one attached hydrogen (secondary N) is 1. The van der Waals surface area contributed by atoms with Crippen LogP contribution in [-0.4, -0.2) is 16.5 Å². The van der Waals surface area contributed by atoms with Gasteiger partial charge in [-0.25, -0.2) is 0 Å². The Hall–Kier alpha value is -2.65. The molecule has 0 radical (unpaired) electrons. The molecular weight excluding hydrogens is 318 g/mol. The van der Waals surface area contributed by atoms with Crippen LogP contribution in [0.3, 0.4) is 0 Å². The molecule has 4 rings (SSSR count). The van der Waals surface area contributed by atoms with Crippen molar-refractivity contribution >= 4 is 21.8 Å². The smallest absolute Gasteiger partial charge is 0.0702 e. The quantitative estimate of drug-likeness (QED) is 0.484. The Morgan fingerprint density at radius 1 is 1.04 bits per heavy atom. The lowest BCUT2D eigenvalue weighted by atomic mass is 9.98. The normalized spacial score (nSPS) is 11.5. The molecule has 26 heavy (non-hydrogen) atoms. The summed E-state index contributed by atoms with van der Waals surface area (Å²) in [5, 5.41) is 2.51. The SMILES string of the molecule is Cc1cc(C)c2[nH]c(-c3cnc4ccccc4c3)c(CCCCN)c2c1. The van der Waals surface area contributed by atoms with Crippen molar-refractivity contribution in [3.63, 3.8) is 0 Å². The molecule has 0 bridgehead atoms. The van der Waals surface area contributed by atoms with Crippen molar-refractivity contribution in [1.82, 2.24) is 9.97 Å². The van der Waals surface area contributed by atoms with Gasteiger partial charge in [0.25, 0.3) is 0 Å². The number of aromatic amines is 1. The molecular formula is C23H25N3. The molecule has 0 amide bonds. The average Bonchev–Trinajstić information content (AvgIpc) is 3.00. The van der Waals surface area contributed by atoms with Crippen molar-refractivity contribution in [2.24, 2.45) is 5.73 Å². The summed E-state index contributed by atoms with van der Waals surface area (Å²) in [6.07, 6.45) is 5.17. The fourth-order valence-electron chi connectivity index (χ4n) is 3.87. The molecule has 0 aliphatic heterocycles. The zero-order chi connectivity index (χ0) is 18.1. The first-order valence-corrected chi connectivity index (χ1v) is 9.34. The first kappa shape index (κ1) is 16.8. The average molecular weight is 343 g/mol. The number of hydrogen-bond acceptors (Lipinski definition) is 2. The highest BCUT2D eigenvalue weighted by Gasteiger charge is 2.15. The molecule has 0 aliphatic carbocycles. The number of aromatic nitrogens is 2. The second kappa shape index (κ2) is 6.93.